The van der Waals surface area contributed by atoms with Crippen LogP contribution in [0.3, 0.4) is 0 Å². The van der Waals surface area contributed by atoms with Gasteiger partial charge in [0.1, 0.15) is 0 Å². The van der Waals surface area contributed by atoms with Gasteiger partial charge in [-0.05, 0) is 44.5 Å². The first-order valence-corrected chi connectivity index (χ1v) is 8.95. The molecule has 0 saturated heterocycles. The molecule has 2 aromatic rings. The molecule has 0 saturated carbocycles. The second-order valence-electron chi connectivity index (χ2n) is 7.05. The third-order valence-electron chi connectivity index (χ3n) is 4.42. The second-order valence-corrected chi connectivity index (χ2v) is 7.05. The molecular weight excluding hydrogens is 344 g/mol. The molecule has 1 heterocycles. The normalized spacial score (nSPS) is 13.4. The highest BCUT2D eigenvalue weighted by Crippen LogP contribution is 2.32. The van der Waals surface area contributed by atoms with Crippen LogP contribution in [-0.2, 0) is 5.54 Å². The van der Waals surface area contributed by atoms with Gasteiger partial charge in [0.15, 0.2) is 17.3 Å². The highest BCUT2D eigenvalue weighted by molar-refractivity contribution is 5.94. The molecule has 1 aliphatic rings. The number of ketones is 1. The highest BCUT2D eigenvalue weighted by atomic mass is 16.5. The third kappa shape index (κ3) is 4.58. The summed E-state index contributed by atoms with van der Waals surface area (Å²) >= 11 is 0. The van der Waals surface area contributed by atoms with Crippen molar-refractivity contribution in [3.05, 3.63) is 53.6 Å². The van der Waals surface area contributed by atoms with E-state index in [-0.39, 0.29) is 11.8 Å². The van der Waals surface area contributed by atoms with Crippen LogP contribution >= 0.6 is 0 Å². The maximum Gasteiger partial charge on any atom is 0.319 e. The van der Waals surface area contributed by atoms with Crippen LogP contribution in [0.1, 0.15) is 43.1 Å². The maximum absolute atomic E-state index is 12.5. The first-order chi connectivity index (χ1) is 12.8. The summed E-state index contributed by atoms with van der Waals surface area (Å²) in [7, 11) is 0. The lowest BCUT2D eigenvalue weighted by atomic mass is 9.92. The van der Waals surface area contributed by atoms with Crippen molar-refractivity contribution >= 4 is 17.5 Å². The van der Waals surface area contributed by atoms with Crippen molar-refractivity contribution in [2.75, 3.05) is 18.5 Å². The Labute approximate surface area is 158 Å². The Hall–Kier alpha value is -3.02. The Morgan fingerprint density at radius 3 is 2.48 bits per heavy atom. The lowest BCUT2D eigenvalue weighted by molar-refractivity contribution is 0.101. The third-order valence-corrected chi connectivity index (χ3v) is 4.42. The second kappa shape index (κ2) is 7.70. The van der Waals surface area contributed by atoms with Gasteiger partial charge in [-0.2, -0.15) is 0 Å². The van der Waals surface area contributed by atoms with Gasteiger partial charge in [0.2, 0.25) is 0 Å². The lowest BCUT2D eigenvalue weighted by Gasteiger charge is -2.27. The van der Waals surface area contributed by atoms with E-state index >= 15 is 0 Å². The molecule has 6 heteroatoms. The molecule has 3 rings (SSSR count). The van der Waals surface area contributed by atoms with Crippen LogP contribution in [0, 0.1) is 0 Å². The Kier molecular flexibility index (Phi) is 5.35. The SMILES string of the molecule is CC(=O)c1cccc(C(C)(C)NC(=O)Nc2ccc3c(c2)OCCCO3)c1. The van der Waals surface area contributed by atoms with Crippen molar-refractivity contribution in [1.29, 1.82) is 0 Å². The van der Waals surface area contributed by atoms with Crippen molar-refractivity contribution in [1.82, 2.24) is 5.32 Å². The predicted molar refractivity (Wildman–Crippen MR) is 104 cm³/mol. The van der Waals surface area contributed by atoms with Crippen LogP contribution in [0.5, 0.6) is 11.5 Å². The molecule has 0 radical (unpaired) electrons. The van der Waals surface area contributed by atoms with Gasteiger partial charge in [0.05, 0.1) is 18.8 Å². The summed E-state index contributed by atoms with van der Waals surface area (Å²) in [6, 6.07) is 12.2. The summed E-state index contributed by atoms with van der Waals surface area (Å²) in [6.07, 6.45) is 0.825. The number of hydrogen-bond acceptors (Lipinski definition) is 4. The van der Waals surface area contributed by atoms with Crippen LogP contribution < -0.4 is 20.1 Å². The van der Waals surface area contributed by atoms with Gasteiger partial charge in [-0.15, -0.1) is 0 Å². The molecule has 2 N–H and O–H groups in total. The van der Waals surface area contributed by atoms with E-state index in [0.29, 0.717) is 36.0 Å². The molecule has 2 aromatic carbocycles. The van der Waals surface area contributed by atoms with E-state index in [2.05, 4.69) is 10.6 Å². The highest BCUT2D eigenvalue weighted by Gasteiger charge is 2.24. The van der Waals surface area contributed by atoms with Gasteiger partial charge in [0, 0.05) is 23.7 Å². The number of rotatable bonds is 4. The zero-order valence-corrected chi connectivity index (χ0v) is 15.8. The molecule has 0 spiro atoms. The lowest BCUT2D eigenvalue weighted by Crippen LogP contribution is -2.43. The Morgan fingerprint density at radius 2 is 1.74 bits per heavy atom. The fourth-order valence-corrected chi connectivity index (χ4v) is 2.89. The number of anilines is 1. The minimum Gasteiger partial charge on any atom is -0.490 e. The number of fused-ring (bicyclic) bond motifs is 1. The molecule has 0 aromatic heterocycles. The quantitative estimate of drug-likeness (QED) is 0.797. The molecule has 0 atom stereocenters. The minimum atomic E-state index is -0.652. The predicted octanol–water partition coefficient (Wildman–Crippen LogP) is 4.11. The Balaban J connectivity index is 1.70. The topological polar surface area (TPSA) is 76.7 Å². The van der Waals surface area contributed by atoms with Crippen LogP contribution in [0.4, 0.5) is 10.5 Å². The number of amides is 2. The molecule has 142 valence electrons. The molecule has 6 nitrogen and oxygen atoms in total. The monoisotopic (exact) mass is 368 g/mol. The molecule has 0 bridgehead atoms. The van der Waals surface area contributed by atoms with Gasteiger partial charge in [0.25, 0.3) is 0 Å². The summed E-state index contributed by atoms with van der Waals surface area (Å²) < 4.78 is 11.2. The number of urea groups is 1. The van der Waals surface area contributed by atoms with Crippen molar-refractivity contribution < 1.29 is 19.1 Å². The van der Waals surface area contributed by atoms with E-state index < -0.39 is 5.54 Å². The smallest absolute Gasteiger partial charge is 0.319 e. The van der Waals surface area contributed by atoms with Crippen molar-refractivity contribution in [3.63, 3.8) is 0 Å². The number of Topliss-reactive ketones (excluding diaryl/α,β-unsaturated/α-hetero) is 1. The minimum absolute atomic E-state index is 0.00991. The fraction of sp³-hybridized carbons (Fsp3) is 0.333. The van der Waals surface area contributed by atoms with Gasteiger partial charge < -0.3 is 20.1 Å². The molecule has 0 fully saturated rings. The van der Waals surface area contributed by atoms with Crippen LogP contribution in [0.15, 0.2) is 42.5 Å². The van der Waals surface area contributed by atoms with Gasteiger partial charge in [-0.3, -0.25) is 4.79 Å². The molecule has 0 aliphatic carbocycles. The summed E-state index contributed by atoms with van der Waals surface area (Å²) in [4.78, 5) is 24.1. The largest absolute Gasteiger partial charge is 0.490 e. The zero-order valence-electron chi connectivity index (χ0n) is 15.8. The summed E-state index contributed by atoms with van der Waals surface area (Å²) in [5.41, 5.74) is 1.43. The average Bonchev–Trinajstić information content (AvgIpc) is 2.86. The first-order valence-electron chi connectivity index (χ1n) is 8.95. The maximum atomic E-state index is 12.5. The zero-order chi connectivity index (χ0) is 19.4. The van der Waals surface area contributed by atoms with Crippen molar-refractivity contribution in [2.45, 2.75) is 32.7 Å². The van der Waals surface area contributed by atoms with Crippen LogP contribution in [0.25, 0.3) is 0 Å². The molecule has 27 heavy (non-hydrogen) atoms. The molecule has 1 aliphatic heterocycles. The van der Waals surface area contributed by atoms with E-state index in [9.17, 15) is 9.59 Å². The number of ether oxygens (including phenoxy) is 2. The molecule has 0 unspecified atom stereocenters. The average molecular weight is 368 g/mol. The number of benzene rings is 2. The van der Waals surface area contributed by atoms with E-state index in [1.165, 1.54) is 6.92 Å². The van der Waals surface area contributed by atoms with Crippen molar-refractivity contribution in [2.24, 2.45) is 0 Å². The summed E-state index contributed by atoms with van der Waals surface area (Å²) in [5.74, 6) is 1.29. The summed E-state index contributed by atoms with van der Waals surface area (Å²) in [5, 5.41) is 5.77. The van der Waals surface area contributed by atoms with Gasteiger partial charge >= 0.3 is 6.03 Å². The Morgan fingerprint density at radius 1 is 1.00 bits per heavy atom. The van der Waals surface area contributed by atoms with E-state index in [0.717, 1.165) is 12.0 Å². The number of carbonyl (C=O) groups is 2. The van der Waals surface area contributed by atoms with Crippen molar-refractivity contribution in [3.8, 4) is 11.5 Å². The molecular formula is C21H24N2O4. The van der Waals surface area contributed by atoms with Gasteiger partial charge in [-0.1, -0.05) is 18.2 Å². The van der Waals surface area contributed by atoms with Crippen LogP contribution in [0.2, 0.25) is 0 Å². The number of nitrogens with one attached hydrogen (secondary N) is 2. The number of hydrogen-bond donors (Lipinski definition) is 2. The van der Waals surface area contributed by atoms with Crippen LogP contribution in [-0.4, -0.2) is 25.0 Å². The fourth-order valence-electron chi connectivity index (χ4n) is 2.89. The first kappa shape index (κ1) is 18.8. The standard InChI is InChI=1S/C21H24N2O4/c1-14(24)15-6-4-7-16(12-15)21(2,3)23-20(25)22-17-8-9-18-19(13-17)27-11-5-10-26-18/h4,6-9,12-13H,5,10-11H2,1-3H3,(H2,22,23,25). The van der Waals surface area contributed by atoms with E-state index in [1.54, 1.807) is 30.3 Å². The number of carbonyl (C=O) groups excluding carboxylic acids is 2. The molecule has 2 amide bonds. The van der Waals surface area contributed by atoms with Gasteiger partial charge in [-0.25, -0.2) is 4.79 Å². The summed E-state index contributed by atoms with van der Waals surface area (Å²) in [6.45, 7) is 6.51. The Bertz CT molecular complexity index is 861. The van der Waals surface area contributed by atoms with E-state index in [1.807, 2.05) is 26.0 Å². The van der Waals surface area contributed by atoms with E-state index in [4.69, 9.17) is 9.47 Å².